The second-order valence-electron chi connectivity index (χ2n) is 4.94. The van der Waals surface area contributed by atoms with Crippen LogP contribution < -0.4 is 0 Å². The van der Waals surface area contributed by atoms with E-state index >= 15 is 0 Å². The van der Waals surface area contributed by atoms with E-state index in [9.17, 15) is 10.2 Å². The summed E-state index contributed by atoms with van der Waals surface area (Å²) >= 11 is 6.03. The molecule has 4 nitrogen and oxygen atoms in total. The first-order valence-corrected chi connectivity index (χ1v) is 7.05. The maximum absolute atomic E-state index is 10.0. The van der Waals surface area contributed by atoms with E-state index in [1.165, 1.54) is 12.1 Å². The summed E-state index contributed by atoms with van der Waals surface area (Å²) in [5.41, 5.74) is 1.36. The van der Waals surface area contributed by atoms with Crippen LogP contribution in [-0.4, -0.2) is 10.2 Å². The van der Waals surface area contributed by atoms with Gasteiger partial charge in [0.2, 0.25) is 0 Å². The van der Waals surface area contributed by atoms with E-state index in [1.807, 2.05) is 30.3 Å². The fraction of sp³-hybridized carbons (Fsp3) is 0.0588. The third-order valence-electron chi connectivity index (χ3n) is 3.39. The summed E-state index contributed by atoms with van der Waals surface area (Å²) in [6.45, 7) is 1.79. The summed E-state index contributed by atoms with van der Waals surface area (Å²) in [5.74, 6) is 0.0190. The molecule has 5 heteroatoms. The molecule has 0 aliphatic heterocycles. The first-order valence-electron chi connectivity index (χ1n) is 6.68. The Kier molecular flexibility index (Phi) is 3.69. The molecule has 0 atom stereocenters. The van der Waals surface area contributed by atoms with Gasteiger partial charge in [0.05, 0.1) is 0 Å². The summed E-state index contributed by atoms with van der Waals surface area (Å²) in [6.07, 6.45) is 0. The zero-order chi connectivity index (χ0) is 15.7. The Hall–Kier alpha value is -2.59. The highest BCUT2D eigenvalue weighted by molar-refractivity contribution is 6.31. The lowest BCUT2D eigenvalue weighted by molar-refractivity contribution is 0.474. The first kappa shape index (κ1) is 14.4. The van der Waals surface area contributed by atoms with Gasteiger partial charge in [-0.2, -0.15) is 0 Å². The van der Waals surface area contributed by atoms with Crippen molar-refractivity contribution in [3.8, 4) is 11.5 Å². The second-order valence-corrected chi connectivity index (χ2v) is 5.35. The molecule has 0 heterocycles. The van der Waals surface area contributed by atoms with Gasteiger partial charge < -0.3 is 10.2 Å². The van der Waals surface area contributed by atoms with Crippen LogP contribution in [0.3, 0.4) is 0 Å². The molecule has 3 rings (SSSR count). The van der Waals surface area contributed by atoms with Crippen LogP contribution in [0.5, 0.6) is 11.5 Å². The molecule has 0 saturated carbocycles. The van der Waals surface area contributed by atoms with Crippen LogP contribution in [0.15, 0.2) is 58.8 Å². The Morgan fingerprint density at radius 1 is 0.909 bits per heavy atom. The first-order chi connectivity index (χ1) is 10.6. The Morgan fingerprint density at radius 3 is 2.50 bits per heavy atom. The minimum Gasteiger partial charge on any atom is -0.506 e. The van der Waals surface area contributed by atoms with Crippen LogP contribution in [0, 0.1) is 6.92 Å². The Labute approximate surface area is 132 Å². The van der Waals surface area contributed by atoms with Gasteiger partial charge in [-0.25, -0.2) is 0 Å². The molecule has 0 bridgehead atoms. The topological polar surface area (TPSA) is 65.2 Å². The fourth-order valence-corrected chi connectivity index (χ4v) is 2.35. The molecule has 110 valence electrons. The zero-order valence-corrected chi connectivity index (χ0v) is 12.5. The van der Waals surface area contributed by atoms with Gasteiger partial charge >= 0.3 is 0 Å². The fourth-order valence-electron chi connectivity index (χ4n) is 2.19. The maximum Gasteiger partial charge on any atom is 0.143 e. The number of hydrogen-bond donors (Lipinski definition) is 2. The van der Waals surface area contributed by atoms with E-state index in [-0.39, 0.29) is 17.2 Å². The van der Waals surface area contributed by atoms with Crippen molar-refractivity contribution in [1.29, 1.82) is 0 Å². The van der Waals surface area contributed by atoms with Gasteiger partial charge in [-0.1, -0.05) is 41.9 Å². The van der Waals surface area contributed by atoms with Crippen LogP contribution in [0.25, 0.3) is 10.8 Å². The molecule has 0 radical (unpaired) electrons. The summed E-state index contributed by atoms with van der Waals surface area (Å²) < 4.78 is 0. The smallest absolute Gasteiger partial charge is 0.143 e. The quantitative estimate of drug-likeness (QED) is 0.602. The molecule has 3 aromatic rings. The van der Waals surface area contributed by atoms with Gasteiger partial charge in [-0.3, -0.25) is 0 Å². The highest BCUT2D eigenvalue weighted by Crippen LogP contribution is 2.38. The monoisotopic (exact) mass is 312 g/mol. The molecule has 0 aromatic heterocycles. The van der Waals surface area contributed by atoms with E-state index in [4.69, 9.17) is 11.6 Å². The van der Waals surface area contributed by atoms with Crippen molar-refractivity contribution >= 4 is 33.7 Å². The second kappa shape index (κ2) is 5.66. The minimum absolute atomic E-state index is 0.00891. The Balaban J connectivity index is 2.10. The number of phenols is 2. The molecule has 0 spiro atoms. The number of nitrogens with zero attached hydrogens (tertiary/aromatic N) is 2. The van der Waals surface area contributed by atoms with Gasteiger partial charge in [-0.15, -0.1) is 10.2 Å². The number of aryl methyl sites for hydroxylation is 1. The summed E-state index contributed by atoms with van der Waals surface area (Å²) in [7, 11) is 0. The van der Waals surface area contributed by atoms with E-state index in [1.54, 1.807) is 13.0 Å². The van der Waals surface area contributed by atoms with Crippen molar-refractivity contribution in [3.05, 3.63) is 59.1 Å². The number of hydrogen-bond acceptors (Lipinski definition) is 4. The van der Waals surface area contributed by atoms with Crippen molar-refractivity contribution in [2.24, 2.45) is 10.2 Å². The molecule has 3 aromatic carbocycles. The molecular formula is C17H13ClN2O2. The molecule has 0 unspecified atom stereocenters. The highest BCUT2D eigenvalue weighted by Gasteiger charge is 2.08. The standard InChI is InChI=1S/C17H13ClN2O2/c1-10-8-16(22)14(9-13(10)18)19-20-17-12-5-3-2-4-11(12)6-7-15(17)21/h2-9,21-22H,1H3. The van der Waals surface area contributed by atoms with Gasteiger partial charge in [0, 0.05) is 10.4 Å². The number of aromatic hydroxyl groups is 2. The summed E-state index contributed by atoms with van der Waals surface area (Å²) in [4.78, 5) is 0. The summed E-state index contributed by atoms with van der Waals surface area (Å²) in [6, 6.07) is 14.0. The third-order valence-corrected chi connectivity index (χ3v) is 3.80. The maximum atomic E-state index is 10.0. The number of fused-ring (bicyclic) bond motifs is 1. The van der Waals surface area contributed by atoms with Crippen molar-refractivity contribution in [2.75, 3.05) is 0 Å². The number of halogens is 1. The Morgan fingerprint density at radius 2 is 1.68 bits per heavy atom. The molecule has 0 aliphatic carbocycles. The Bertz CT molecular complexity index is 891. The molecule has 0 aliphatic rings. The molecule has 22 heavy (non-hydrogen) atoms. The number of azo groups is 1. The van der Waals surface area contributed by atoms with Crippen LogP contribution in [-0.2, 0) is 0 Å². The molecule has 0 fully saturated rings. The van der Waals surface area contributed by atoms with Crippen LogP contribution in [0.1, 0.15) is 5.56 Å². The van der Waals surface area contributed by atoms with Gasteiger partial charge in [0.1, 0.15) is 22.9 Å². The number of benzene rings is 3. The van der Waals surface area contributed by atoms with Crippen LogP contribution >= 0.6 is 11.6 Å². The van der Waals surface area contributed by atoms with Gasteiger partial charge in [0.25, 0.3) is 0 Å². The predicted octanol–water partition coefficient (Wildman–Crippen LogP) is 5.63. The lowest BCUT2D eigenvalue weighted by atomic mass is 10.1. The third kappa shape index (κ3) is 2.61. The van der Waals surface area contributed by atoms with E-state index < -0.39 is 0 Å². The largest absolute Gasteiger partial charge is 0.506 e. The minimum atomic E-state index is -0.00891. The highest BCUT2D eigenvalue weighted by atomic mass is 35.5. The molecule has 2 N–H and O–H groups in total. The van der Waals surface area contributed by atoms with Crippen LogP contribution in [0.4, 0.5) is 11.4 Å². The number of phenolic OH excluding ortho intramolecular Hbond substituents is 2. The average Bonchev–Trinajstić information content (AvgIpc) is 2.51. The van der Waals surface area contributed by atoms with Crippen molar-refractivity contribution in [3.63, 3.8) is 0 Å². The van der Waals surface area contributed by atoms with Gasteiger partial charge in [0.15, 0.2) is 0 Å². The summed E-state index contributed by atoms with van der Waals surface area (Å²) in [5, 5.41) is 30.2. The van der Waals surface area contributed by atoms with E-state index in [0.717, 1.165) is 16.3 Å². The van der Waals surface area contributed by atoms with E-state index in [2.05, 4.69) is 10.2 Å². The molecule has 0 saturated heterocycles. The van der Waals surface area contributed by atoms with Crippen molar-refractivity contribution in [2.45, 2.75) is 6.92 Å². The van der Waals surface area contributed by atoms with Crippen molar-refractivity contribution in [1.82, 2.24) is 0 Å². The predicted molar refractivity (Wildman–Crippen MR) is 87.6 cm³/mol. The number of rotatable bonds is 2. The molecule has 0 amide bonds. The normalized spacial score (nSPS) is 11.4. The van der Waals surface area contributed by atoms with Crippen molar-refractivity contribution < 1.29 is 10.2 Å². The lowest BCUT2D eigenvalue weighted by Crippen LogP contribution is -1.77. The van der Waals surface area contributed by atoms with Gasteiger partial charge in [-0.05, 0) is 36.1 Å². The lowest BCUT2D eigenvalue weighted by Gasteiger charge is -2.05. The molecular weight excluding hydrogens is 300 g/mol. The zero-order valence-electron chi connectivity index (χ0n) is 11.8. The van der Waals surface area contributed by atoms with Crippen LogP contribution in [0.2, 0.25) is 5.02 Å². The van der Waals surface area contributed by atoms with E-state index in [0.29, 0.717) is 10.7 Å². The SMILES string of the molecule is Cc1cc(O)c(N=Nc2c(O)ccc3ccccc23)cc1Cl. The average molecular weight is 313 g/mol.